The minimum atomic E-state index is -1.25. The summed E-state index contributed by atoms with van der Waals surface area (Å²) in [6.07, 6.45) is 1.18. The largest absolute Gasteiger partial charge is 0.465 e. The summed E-state index contributed by atoms with van der Waals surface area (Å²) in [6.45, 7) is 1.53. The molecule has 0 bridgehead atoms. The zero-order valence-electron chi connectivity index (χ0n) is 15.1. The Morgan fingerprint density at radius 2 is 2.12 bits per heavy atom. The number of likely N-dealkylation sites (N-methyl/N-ethyl adjacent to an activating group) is 1. The summed E-state index contributed by atoms with van der Waals surface area (Å²) < 4.78 is 5.02. The van der Waals surface area contributed by atoms with Gasteiger partial charge in [-0.1, -0.05) is 23.7 Å². The number of amides is 2. The second kappa shape index (κ2) is 9.21. The van der Waals surface area contributed by atoms with Crippen LogP contribution in [0.15, 0.2) is 24.3 Å². The van der Waals surface area contributed by atoms with Crippen molar-refractivity contribution in [3.8, 4) is 0 Å². The molecule has 0 aromatic heterocycles. The Labute approximate surface area is 158 Å². The van der Waals surface area contributed by atoms with Crippen molar-refractivity contribution in [3.05, 3.63) is 34.9 Å². The number of carboxylic acid groups (broad SMARTS) is 1. The van der Waals surface area contributed by atoms with E-state index in [-0.39, 0.29) is 12.5 Å². The molecule has 144 valence electrons. The van der Waals surface area contributed by atoms with Crippen LogP contribution in [0.5, 0.6) is 0 Å². The third-order valence-corrected chi connectivity index (χ3v) is 5.12. The van der Waals surface area contributed by atoms with Crippen LogP contribution in [0, 0.1) is 0 Å². The molecule has 1 unspecified atom stereocenters. The molecule has 8 heteroatoms. The van der Waals surface area contributed by atoms with Crippen molar-refractivity contribution in [2.24, 2.45) is 0 Å². The molecule has 1 aliphatic rings. The van der Waals surface area contributed by atoms with Crippen LogP contribution >= 0.6 is 11.6 Å². The minimum Gasteiger partial charge on any atom is -0.465 e. The molecule has 0 saturated carbocycles. The molecule has 2 amide bonds. The van der Waals surface area contributed by atoms with Crippen LogP contribution < -0.4 is 10.6 Å². The van der Waals surface area contributed by atoms with E-state index in [2.05, 4.69) is 10.6 Å². The van der Waals surface area contributed by atoms with E-state index in [4.69, 9.17) is 21.4 Å². The van der Waals surface area contributed by atoms with Gasteiger partial charge in [0.2, 0.25) is 5.91 Å². The summed E-state index contributed by atoms with van der Waals surface area (Å²) in [5.74, 6) is -0.299. The van der Waals surface area contributed by atoms with E-state index in [1.165, 1.54) is 7.11 Å². The number of halogens is 1. The van der Waals surface area contributed by atoms with E-state index in [9.17, 15) is 9.59 Å². The van der Waals surface area contributed by atoms with Gasteiger partial charge < -0.3 is 25.4 Å². The van der Waals surface area contributed by atoms with E-state index in [0.29, 0.717) is 18.0 Å². The van der Waals surface area contributed by atoms with Crippen molar-refractivity contribution in [1.29, 1.82) is 0 Å². The van der Waals surface area contributed by atoms with Crippen LogP contribution in [0.3, 0.4) is 0 Å². The van der Waals surface area contributed by atoms with Crippen LogP contribution in [-0.4, -0.2) is 67.4 Å². The second-order valence-electron chi connectivity index (χ2n) is 6.66. The van der Waals surface area contributed by atoms with Crippen LogP contribution in [0.1, 0.15) is 18.4 Å². The molecule has 0 radical (unpaired) electrons. The minimum absolute atomic E-state index is 0.0140. The number of methoxy groups -OCH3 is 1. The standard InChI is InChI=1S/C18H26ClN3O4/c1-22(16(23)15(11-26-2)21-17(24)25)18(8-3-9-20-12-18)10-13-4-6-14(19)7-5-13/h4-7,15,20-21H,3,8-12H2,1-2H3,(H,24,25)/t15?,18-/m1/s1. The average Bonchev–Trinajstić information content (AvgIpc) is 2.62. The van der Waals surface area contributed by atoms with Crippen molar-refractivity contribution < 1.29 is 19.4 Å². The molecule has 1 saturated heterocycles. The molecule has 1 aliphatic heterocycles. The van der Waals surface area contributed by atoms with E-state index < -0.39 is 17.7 Å². The highest BCUT2D eigenvalue weighted by atomic mass is 35.5. The zero-order valence-corrected chi connectivity index (χ0v) is 15.9. The number of hydrogen-bond donors (Lipinski definition) is 3. The predicted molar refractivity (Wildman–Crippen MR) is 99.6 cm³/mol. The normalized spacial score (nSPS) is 21.0. The topological polar surface area (TPSA) is 90.9 Å². The summed E-state index contributed by atoms with van der Waals surface area (Å²) >= 11 is 5.97. The number of ether oxygens (including phenoxy) is 1. The number of benzene rings is 1. The van der Waals surface area contributed by atoms with Gasteiger partial charge in [-0.15, -0.1) is 0 Å². The molecule has 2 atom stereocenters. The summed E-state index contributed by atoms with van der Waals surface area (Å²) in [5.41, 5.74) is 0.641. The van der Waals surface area contributed by atoms with Gasteiger partial charge in [0, 0.05) is 25.7 Å². The van der Waals surface area contributed by atoms with E-state index in [1.807, 2.05) is 24.3 Å². The Kier molecular flexibility index (Phi) is 7.25. The van der Waals surface area contributed by atoms with Crippen molar-refractivity contribution in [2.75, 3.05) is 33.9 Å². The van der Waals surface area contributed by atoms with Crippen molar-refractivity contribution in [3.63, 3.8) is 0 Å². The first kappa shape index (κ1) is 20.5. The lowest BCUT2D eigenvalue weighted by Crippen LogP contribution is -2.63. The Hall–Kier alpha value is -1.83. The number of nitrogens with zero attached hydrogens (tertiary/aromatic N) is 1. The molecule has 26 heavy (non-hydrogen) atoms. The van der Waals surface area contributed by atoms with Gasteiger partial charge in [0.05, 0.1) is 12.1 Å². The fourth-order valence-corrected chi connectivity index (χ4v) is 3.57. The lowest BCUT2D eigenvalue weighted by Gasteiger charge is -2.46. The van der Waals surface area contributed by atoms with Gasteiger partial charge >= 0.3 is 6.09 Å². The van der Waals surface area contributed by atoms with Crippen LogP contribution in [0.4, 0.5) is 4.79 Å². The van der Waals surface area contributed by atoms with E-state index >= 15 is 0 Å². The zero-order chi connectivity index (χ0) is 19.2. The number of nitrogens with one attached hydrogen (secondary N) is 2. The van der Waals surface area contributed by atoms with Gasteiger partial charge in [-0.05, 0) is 43.5 Å². The fourth-order valence-electron chi connectivity index (χ4n) is 3.45. The first-order valence-electron chi connectivity index (χ1n) is 8.59. The lowest BCUT2D eigenvalue weighted by molar-refractivity contribution is -0.140. The molecule has 0 aliphatic carbocycles. The lowest BCUT2D eigenvalue weighted by atomic mass is 9.82. The summed E-state index contributed by atoms with van der Waals surface area (Å²) in [5, 5.41) is 15.3. The number of rotatable bonds is 7. The maximum Gasteiger partial charge on any atom is 0.405 e. The van der Waals surface area contributed by atoms with Gasteiger partial charge in [-0.25, -0.2) is 4.79 Å². The second-order valence-corrected chi connectivity index (χ2v) is 7.10. The number of carbonyl (C=O) groups excluding carboxylic acids is 1. The SMILES string of the molecule is COCC(NC(=O)O)C(=O)N(C)[C@@]1(Cc2ccc(Cl)cc2)CCCNC1. The summed E-state index contributed by atoms with van der Waals surface area (Å²) in [4.78, 5) is 25.7. The van der Waals surface area contributed by atoms with Gasteiger partial charge in [0.15, 0.2) is 0 Å². The van der Waals surface area contributed by atoms with E-state index in [0.717, 1.165) is 24.9 Å². The number of carbonyl (C=O) groups is 2. The quantitative estimate of drug-likeness (QED) is 0.667. The van der Waals surface area contributed by atoms with Gasteiger partial charge in [0.25, 0.3) is 0 Å². The molecule has 1 heterocycles. The Bertz CT molecular complexity index is 617. The van der Waals surface area contributed by atoms with Crippen molar-refractivity contribution >= 4 is 23.6 Å². The first-order chi connectivity index (χ1) is 12.4. The highest BCUT2D eigenvalue weighted by Crippen LogP contribution is 2.28. The Balaban J connectivity index is 2.24. The van der Waals surface area contributed by atoms with Gasteiger partial charge in [-0.3, -0.25) is 4.79 Å². The molecule has 1 aromatic rings. The monoisotopic (exact) mass is 383 g/mol. The average molecular weight is 384 g/mol. The summed E-state index contributed by atoms with van der Waals surface area (Å²) in [6, 6.07) is 6.65. The predicted octanol–water partition coefficient (Wildman–Crippen LogP) is 1.75. The number of piperidine rings is 1. The third kappa shape index (κ3) is 5.09. The maximum atomic E-state index is 13.0. The Morgan fingerprint density at radius 1 is 1.42 bits per heavy atom. The molecular weight excluding hydrogens is 358 g/mol. The highest BCUT2D eigenvalue weighted by molar-refractivity contribution is 6.30. The molecule has 2 rings (SSSR count). The molecule has 3 N–H and O–H groups in total. The Morgan fingerprint density at radius 3 is 2.65 bits per heavy atom. The summed E-state index contributed by atoms with van der Waals surface area (Å²) in [7, 11) is 3.17. The van der Waals surface area contributed by atoms with E-state index in [1.54, 1.807) is 11.9 Å². The molecule has 7 nitrogen and oxygen atoms in total. The van der Waals surface area contributed by atoms with Crippen molar-refractivity contribution in [2.45, 2.75) is 30.8 Å². The molecule has 1 aromatic carbocycles. The molecule has 1 fully saturated rings. The third-order valence-electron chi connectivity index (χ3n) is 4.87. The number of hydrogen-bond acceptors (Lipinski definition) is 4. The smallest absolute Gasteiger partial charge is 0.405 e. The van der Waals surface area contributed by atoms with Gasteiger partial charge in [-0.2, -0.15) is 0 Å². The van der Waals surface area contributed by atoms with Gasteiger partial charge in [0.1, 0.15) is 6.04 Å². The fraction of sp³-hybridized carbons (Fsp3) is 0.556. The van der Waals surface area contributed by atoms with Crippen LogP contribution in [-0.2, 0) is 16.0 Å². The van der Waals surface area contributed by atoms with Crippen LogP contribution in [0.2, 0.25) is 5.02 Å². The molecular formula is C18H26ClN3O4. The van der Waals surface area contributed by atoms with Crippen molar-refractivity contribution in [1.82, 2.24) is 15.5 Å². The first-order valence-corrected chi connectivity index (χ1v) is 8.97. The highest BCUT2D eigenvalue weighted by Gasteiger charge is 2.41. The van der Waals surface area contributed by atoms with Crippen LogP contribution in [0.25, 0.3) is 0 Å². The molecule has 0 spiro atoms. The maximum absolute atomic E-state index is 13.0.